The van der Waals surface area contributed by atoms with E-state index in [1.807, 2.05) is 24.3 Å². The molecule has 0 aliphatic carbocycles. The largest absolute Gasteiger partial charge is 0.388 e. The molecule has 0 aliphatic heterocycles. The zero-order chi connectivity index (χ0) is 11.5. The minimum absolute atomic E-state index is 0.383. The summed E-state index contributed by atoms with van der Waals surface area (Å²) in [5.41, 5.74) is 0.899. The average Bonchev–Trinajstić information content (AvgIpc) is 2.64. The standard InChI is InChI=1S/C10H11IN4O/c1-15-13-10(12-14-15)6-9(16)7-4-2-3-5-8(7)11/h2-5,9,16H,6H2,1H3. The molecule has 16 heavy (non-hydrogen) atoms. The Labute approximate surface area is 107 Å². The fourth-order valence-electron chi connectivity index (χ4n) is 1.43. The van der Waals surface area contributed by atoms with Crippen molar-refractivity contribution in [3.63, 3.8) is 0 Å². The van der Waals surface area contributed by atoms with Gasteiger partial charge in [0.05, 0.1) is 13.2 Å². The average molecular weight is 330 g/mol. The number of aliphatic hydroxyl groups excluding tert-OH is 1. The first-order valence-electron chi connectivity index (χ1n) is 4.82. The van der Waals surface area contributed by atoms with Gasteiger partial charge in [0.2, 0.25) is 0 Å². The first-order valence-corrected chi connectivity index (χ1v) is 5.90. The highest BCUT2D eigenvalue weighted by atomic mass is 127. The molecule has 84 valence electrons. The van der Waals surface area contributed by atoms with E-state index in [9.17, 15) is 5.11 Å². The highest BCUT2D eigenvalue weighted by Crippen LogP contribution is 2.21. The Morgan fingerprint density at radius 3 is 2.81 bits per heavy atom. The fraction of sp³-hybridized carbons (Fsp3) is 0.300. The molecule has 1 unspecified atom stereocenters. The van der Waals surface area contributed by atoms with E-state index in [4.69, 9.17) is 0 Å². The number of aryl methyl sites for hydroxylation is 1. The Morgan fingerprint density at radius 1 is 1.44 bits per heavy atom. The Hall–Kier alpha value is -1.02. The highest BCUT2D eigenvalue weighted by molar-refractivity contribution is 14.1. The number of aliphatic hydroxyl groups is 1. The molecule has 1 atom stereocenters. The third-order valence-corrected chi connectivity index (χ3v) is 3.17. The minimum Gasteiger partial charge on any atom is -0.388 e. The number of halogens is 1. The van der Waals surface area contributed by atoms with Crippen LogP contribution in [-0.2, 0) is 13.5 Å². The van der Waals surface area contributed by atoms with E-state index in [0.717, 1.165) is 9.13 Å². The number of rotatable bonds is 3. The molecule has 5 nitrogen and oxygen atoms in total. The molecule has 0 spiro atoms. The summed E-state index contributed by atoms with van der Waals surface area (Å²) >= 11 is 2.20. The van der Waals surface area contributed by atoms with Crippen molar-refractivity contribution in [2.45, 2.75) is 12.5 Å². The van der Waals surface area contributed by atoms with Gasteiger partial charge in [-0.05, 0) is 39.4 Å². The fourth-order valence-corrected chi connectivity index (χ4v) is 2.18. The number of tetrazole rings is 1. The van der Waals surface area contributed by atoms with Gasteiger partial charge < -0.3 is 5.11 Å². The van der Waals surface area contributed by atoms with Crippen molar-refractivity contribution >= 4 is 22.6 Å². The lowest BCUT2D eigenvalue weighted by atomic mass is 10.1. The van der Waals surface area contributed by atoms with Crippen molar-refractivity contribution in [3.05, 3.63) is 39.2 Å². The lowest BCUT2D eigenvalue weighted by Crippen LogP contribution is -2.05. The van der Waals surface area contributed by atoms with E-state index in [1.165, 1.54) is 4.80 Å². The molecule has 0 aliphatic rings. The van der Waals surface area contributed by atoms with Crippen molar-refractivity contribution in [1.29, 1.82) is 0 Å². The predicted octanol–water partition coefficient (Wildman–Crippen LogP) is 1.09. The molecular weight excluding hydrogens is 319 g/mol. The number of hydrogen-bond donors (Lipinski definition) is 1. The van der Waals surface area contributed by atoms with Gasteiger partial charge in [-0.25, -0.2) is 0 Å². The van der Waals surface area contributed by atoms with Crippen LogP contribution in [0.25, 0.3) is 0 Å². The van der Waals surface area contributed by atoms with E-state index in [-0.39, 0.29) is 0 Å². The number of nitrogens with zero attached hydrogens (tertiary/aromatic N) is 4. The maximum atomic E-state index is 10.0. The summed E-state index contributed by atoms with van der Waals surface area (Å²) in [5, 5.41) is 21.7. The quantitative estimate of drug-likeness (QED) is 0.856. The van der Waals surface area contributed by atoms with Crippen molar-refractivity contribution in [2.75, 3.05) is 0 Å². The van der Waals surface area contributed by atoms with Crippen molar-refractivity contribution < 1.29 is 5.11 Å². The van der Waals surface area contributed by atoms with Crippen LogP contribution in [0.5, 0.6) is 0 Å². The second-order valence-corrected chi connectivity index (χ2v) is 4.60. The zero-order valence-electron chi connectivity index (χ0n) is 8.71. The number of hydrogen-bond acceptors (Lipinski definition) is 4. The summed E-state index contributed by atoms with van der Waals surface area (Å²) < 4.78 is 1.04. The van der Waals surface area contributed by atoms with Crippen LogP contribution < -0.4 is 0 Å². The van der Waals surface area contributed by atoms with Gasteiger partial charge in [-0.1, -0.05) is 18.2 Å². The molecular formula is C10H11IN4O. The zero-order valence-corrected chi connectivity index (χ0v) is 10.9. The van der Waals surface area contributed by atoms with Crippen LogP contribution >= 0.6 is 22.6 Å². The molecule has 1 N–H and O–H groups in total. The van der Waals surface area contributed by atoms with E-state index >= 15 is 0 Å². The van der Waals surface area contributed by atoms with Crippen molar-refractivity contribution in [1.82, 2.24) is 20.2 Å². The lowest BCUT2D eigenvalue weighted by Gasteiger charge is -2.10. The van der Waals surface area contributed by atoms with E-state index in [1.54, 1.807) is 7.05 Å². The first kappa shape index (κ1) is 11.5. The normalized spacial score (nSPS) is 12.7. The molecule has 0 saturated carbocycles. The summed E-state index contributed by atoms with van der Waals surface area (Å²) in [4.78, 5) is 1.39. The molecule has 1 heterocycles. The van der Waals surface area contributed by atoms with E-state index in [0.29, 0.717) is 12.2 Å². The summed E-state index contributed by atoms with van der Waals surface area (Å²) in [6.07, 6.45) is -0.203. The molecule has 0 amide bonds. The second-order valence-electron chi connectivity index (χ2n) is 3.44. The summed E-state index contributed by atoms with van der Waals surface area (Å²) in [7, 11) is 1.70. The van der Waals surface area contributed by atoms with Crippen LogP contribution in [0.4, 0.5) is 0 Å². The van der Waals surface area contributed by atoms with Gasteiger partial charge in [-0.2, -0.15) is 4.80 Å². The Bertz CT molecular complexity index is 485. The first-order chi connectivity index (χ1) is 7.66. The maximum Gasteiger partial charge on any atom is 0.177 e. The van der Waals surface area contributed by atoms with Gasteiger partial charge in [-0.3, -0.25) is 0 Å². The lowest BCUT2D eigenvalue weighted by molar-refractivity contribution is 0.175. The summed E-state index contributed by atoms with van der Waals surface area (Å²) in [6.45, 7) is 0. The molecule has 0 bridgehead atoms. The molecule has 1 aromatic heterocycles. The molecule has 0 radical (unpaired) electrons. The van der Waals surface area contributed by atoms with Crippen molar-refractivity contribution in [2.24, 2.45) is 7.05 Å². The SMILES string of the molecule is Cn1nnc(CC(O)c2ccccc2I)n1. The van der Waals surface area contributed by atoms with Gasteiger partial charge in [0.15, 0.2) is 5.82 Å². The van der Waals surface area contributed by atoms with Gasteiger partial charge in [0.25, 0.3) is 0 Å². The summed E-state index contributed by atoms with van der Waals surface area (Å²) in [6, 6.07) is 7.72. The van der Waals surface area contributed by atoms with Crippen LogP contribution in [0.2, 0.25) is 0 Å². The molecule has 6 heteroatoms. The monoisotopic (exact) mass is 330 g/mol. The molecule has 0 saturated heterocycles. The topological polar surface area (TPSA) is 63.8 Å². The predicted molar refractivity (Wildman–Crippen MR) is 66.6 cm³/mol. The summed E-state index contributed by atoms with van der Waals surface area (Å²) in [5.74, 6) is 0.551. The second kappa shape index (κ2) is 4.88. The highest BCUT2D eigenvalue weighted by Gasteiger charge is 2.14. The Balaban J connectivity index is 2.14. The smallest absolute Gasteiger partial charge is 0.177 e. The maximum absolute atomic E-state index is 10.0. The van der Waals surface area contributed by atoms with Gasteiger partial charge in [0, 0.05) is 9.99 Å². The third kappa shape index (κ3) is 2.56. The number of aromatic nitrogens is 4. The molecule has 2 rings (SSSR count). The third-order valence-electron chi connectivity index (χ3n) is 2.19. The van der Waals surface area contributed by atoms with Gasteiger partial charge >= 0.3 is 0 Å². The van der Waals surface area contributed by atoms with Crippen LogP contribution in [0.1, 0.15) is 17.5 Å². The van der Waals surface area contributed by atoms with E-state index in [2.05, 4.69) is 38.0 Å². The van der Waals surface area contributed by atoms with Crippen LogP contribution in [-0.4, -0.2) is 25.3 Å². The van der Waals surface area contributed by atoms with Crippen molar-refractivity contribution in [3.8, 4) is 0 Å². The molecule has 1 aromatic carbocycles. The van der Waals surface area contributed by atoms with Crippen LogP contribution in [0.15, 0.2) is 24.3 Å². The molecule has 0 fully saturated rings. The van der Waals surface area contributed by atoms with Crippen LogP contribution in [0, 0.1) is 3.57 Å². The minimum atomic E-state index is -0.586. The molecule has 2 aromatic rings. The Kier molecular flexibility index (Phi) is 3.49. The van der Waals surface area contributed by atoms with Gasteiger partial charge in [-0.15, -0.1) is 10.2 Å². The van der Waals surface area contributed by atoms with Crippen LogP contribution in [0.3, 0.4) is 0 Å². The Morgan fingerprint density at radius 2 is 2.19 bits per heavy atom. The van der Waals surface area contributed by atoms with Gasteiger partial charge in [0.1, 0.15) is 0 Å². The van der Waals surface area contributed by atoms with E-state index < -0.39 is 6.10 Å². The number of benzene rings is 1.